The summed E-state index contributed by atoms with van der Waals surface area (Å²) in [5.41, 5.74) is 7.15. The van der Waals surface area contributed by atoms with Gasteiger partial charge in [-0.1, -0.05) is 18.2 Å². The predicted octanol–water partition coefficient (Wildman–Crippen LogP) is 1.11. The van der Waals surface area contributed by atoms with E-state index in [0.717, 1.165) is 25.2 Å². The highest BCUT2D eigenvalue weighted by Crippen LogP contribution is 2.22. The van der Waals surface area contributed by atoms with Crippen LogP contribution in [0.15, 0.2) is 24.3 Å². The maximum atomic E-state index is 11.5. The lowest BCUT2D eigenvalue weighted by molar-refractivity contribution is 0.0998. The molecule has 0 saturated carbocycles. The van der Waals surface area contributed by atoms with Crippen LogP contribution >= 0.6 is 0 Å². The van der Waals surface area contributed by atoms with Gasteiger partial charge in [-0.15, -0.1) is 0 Å². The highest BCUT2D eigenvalue weighted by molar-refractivity contribution is 5.94. The van der Waals surface area contributed by atoms with Gasteiger partial charge in [0.1, 0.15) is 0 Å². The van der Waals surface area contributed by atoms with Crippen molar-refractivity contribution in [2.24, 2.45) is 5.73 Å². The summed E-state index contributed by atoms with van der Waals surface area (Å²) in [6, 6.07) is 8.99. The second-order valence-corrected chi connectivity index (χ2v) is 5.68. The molecule has 0 radical (unpaired) electrons. The lowest BCUT2D eigenvalue weighted by Gasteiger charge is -2.24. The van der Waals surface area contributed by atoms with Crippen molar-refractivity contribution in [2.45, 2.75) is 37.9 Å². The van der Waals surface area contributed by atoms with E-state index in [9.17, 15) is 4.79 Å². The van der Waals surface area contributed by atoms with Crippen LogP contribution in [0.5, 0.6) is 0 Å². The van der Waals surface area contributed by atoms with Crippen molar-refractivity contribution >= 4 is 5.91 Å². The van der Waals surface area contributed by atoms with E-state index in [1.54, 1.807) is 0 Å². The highest BCUT2D eigenvalue weighted by atomic mass is 16.1. The molecule has 4 heteroatoms. The van der Waals surface area contributed by atoms with E-state index >= 15 is 0 Å². The molecule has 0 aromatic heterocycles. The largest absolute Gasteiger partial charge is 0.366 e. The van der Waals surface area contributed by atoms with E-state index in [2.05, 4.69) is 10.2 Å². The topological polar surface area (TPSA) is 58.4 Å². The van der Waals surface area contributed by atoms with E-state index in [1.165, 1.54) is 19.3 Å². The summed E-state index contributed by atoms with van der Waals surface area (Å²) >= 11 is 0. The zero-order valence-electron chi connectivity index (χ0n) is 11.1. The third-order valence-electron chi connectivity index (χ3n) is 4.28. The summed E-state index contributed by atoms with van der Waals surface area (Å²) < 4.78 is 0. The van der Waals surface area contributed by atoms with Crippen LogP contribution < -0.4 is 11.1 Å². The lowest BCUT2D eigenvalue weighted by atomic mass is 10.0. The Hall–Kier alpha value is -1.39. The third-order valence-corrected chi connectivity index (χ3v) is 4.28. The molecule has 3 rings (SSSR count). The number of carbonyl (C=O) groups excluding carboxylic acids is 1. The molecule has 3 N–H and O–H groups in total. The summed E-state index contributed by atoms with van der Waals surface area (Å²) in [5, 5.41) is 3.67. The number of primary amides is 1. The van der Waals surface area contributed by atoms with Crippen LogP contribution in [-0.4, -0.2) is 36.0 Å². The van der Waals surface area contributed by atoms with Crippen LogP contribution in [0.25, 0.3) is 0 Å². The number of nitrogens with zero attached hydrogens (tertiary/aromatic N) is 1. The van der Waals surface area contributed by atoms with Gasteiger partial charge in [0.05, 0.1) is 0 Å². The number of fused-ring (bicyclic) bond motifs is 2. The fourth-order valence-electron chi connectivity index (χ4n) is 3.30. The average Bonchev–Trinajstić information content (AvgIpc) is 2.73. The lowest BCUT2D eigenvalue weighted by Crippen LogP contribution is -2.35. The molecule has 1 aromatic rings. The van der Waals surface area contributed by atoms with Crippen molar-refractivity contribution in [3.8, 4) is 0 Å². The normalized spacial score (nSPS) is 27.2. The fourth-order valence-corrected chi connectivity index (χ4v) is 3.30. The van der Waals surface area contributed by atoms with Crippen molar-refractivity contribution < 1.29 is 4.79 Å². The van der Waals surface area contributed by atoms with Gasteiger partial charge in [0.2, 0.25) is 5.91 Å². The molecule has 2 bridgehead atoms. The average molecular weight is 259 g/mol. The Morgan fingerprint density at radius 1 is 1.26 bits per heavy atom. The number of carbonyl (C=O) groups is 1. The Morgan fingerprint density at radius 2 is 2.05 bits per heavy atom. The Labute approximate surface area is 114 Å². The second-order valence-electron chi connectivity index (χ2n) is 5.68. The van der Waals surface area contributed by atoms with Gasteiger partial charge in [-0.2, -0.15) is 0 Å². The molecule has 2 fully saturated rings. The van der Waals surface area contributed by atoms with Crippen LogP contribution in [0.2, 0.25) is 0 Å². The molecule has 4 nitrogen and oxygen atoms in total. The van der Waals surface area contributed by atoms with Gasteiger partial charge in [0.25, 0.3) is 0 Å². The number of rotatable bonds is 3. The quantitative estimate of drug-likeness (QED) is 0.855. The number of amides is 1. The zero-order chi connectivity index (χ0) is 13.2. The number of benzene rings is 1. The van der Waals surface area contributed by atoms with E-state index in [0.29, 0.717) is 17.6 Å². The Bertz CT molecular complexity index is 474. The van der Waals surface area contributed by atoms with Crippen LogP contribution in [-0.2, 0) is 6.54 Å². The molecule has 1 aromatic carbocycles. The molecule has 1 amide bonds. The van der Waals surface area contributed by atoms with Gasteiger partial charge in [-0.25, -0.2) is 0 Å². The summed E-state index contributed by atoms with van der Waals surface area (Å²) in [4.78, 5) is 13.9. The molecule has 2 unspecified atom stereocenters. The van der Waals surface area contributed by atoms with Crippen molar-refractivity contribution in [3.05, 3.63) is 35.4 Å². The number of nitrogens with one attached hydrogen (secondary N) is 1. The molecule has 2 aliphatic heterocycles. The van der Waals surface area contributed by atoms with Crippen molar-refractivity contribution in [2.75, 3.05) is 13.1 Å². The first-order valence-corrected chi connectivity index (χ1v) is 7.08. The molecule has 0 aliphatic carbocycles. The molecular formula is C15H21N3O. The highest BCUT2D eigenvalue weighted by Gasteiger charge is 2.29. The summed E-state index contributed by atoms with van der Waals surface area (Å²) in [6.45, 7) is 2.99. The Kier molecular flexibility index (Phi) is 3.53. The van der Waals surface area contributed by atoms with E-state index in [1.807, 2.05) is 24.3 Å². The number of hydrogen-bond acceptors (Lipinski definition) is 3. The monoisotopic (exact) mass is 259 g/mol. The van der Waals surface area contributed by atoms with E-state index < -0.39 is 0 Å². The van der Waals surface area contributed by atoms with Crippen LogP contribution in [0.4, 0.5) is 0 Å². The van der Waals surface area contributed by atoms with Crippen LogP contribution in [0, 0.1) is 0 Å². The first-order chi connectivity index (χ1) is 9.22. The second kappa shape index (κ2) is 5.31. The van der Waals surface area contributed by atoms with Gasteiger partial charge >= 0.3 is 0 Å². The first-order valence-electron chi connectivity index (χ1n) is 7.08. The number of hydrogen-bond donors (Lipinski definition) is 2. The summed E-state index contributed by atoms with van der Waals surface area (Å²) in [6.07, 6.45) is 3.80. The molecular weight excluding hydrogens is 238 g/mol. The van der Waals surface area contributed by atoms with Crippen molar-refractivity contribution in [1.29, 1.82) is 0 Å². The molecule has 2 atom stereocenters. The van der Waals surface area contributed by atoms with Gasteiger partial charge in [0.15, 0.2) is 0 Å². The maximum Gasteiger partial charge on any atom is 0.249 e. The number of likely N-dealkylation sites (tertiary alicyclic amines) is 1. The van der Waals surface area contributed by atoms with E-state index in [4.69, 9.17) is 5.73 Å². The molecule has 2 saturated heterocycles. The van der Waals surface area contributed by atoms with Crippen molar-refractivity contribution in [3.63, 3.8) is 0 Å². The van der Waals surface area contributed by atoms with Gasteiger partial charge in [-0.05, 0) is 30.9 Å². The summed E-state index contributed by atoms with van der Waals surface area (Å²) in [7, 11) is 0. The first kappa shape index (κ1) is 12.6. The molecule has 0 spiro atoms. The van der Waals surface area contributed by atoms with E-state index in [-0.39, 0.29) is 5.91 Å². The van der Waals surface area contributed by atoms with Crippen LogP contribution in [0.3, 0.4) is 0 Å². The molecule has 2 heterocycles. The maximum absolute atomic E-state index is 11.5. The SMILES string of the molecule is NC(=O)c1ccccc1CN1CCC2CCC(C1)N2. The van der Waals surface area contributed by atoms with Crippen LogP contribution in [0.1, 0.15) is 35.2 Å². The fraction of sp³-hybridized carbons (Fsp3) is 0.533. The summed E-state index contributed by atoms with van der Waals surface area (Å²) in [5.74, 6) is -0.329. The Balaban J connectivity index is 1.73. The number of nitrogens with two attached hydrogens (primary N) is 1. The predicted molar refractivity (Wildman–Crippen MR) is 74.8 cm³/mol. The van der Waals surface area contributed by atoms with Gasteiger partial charge in [0, 0.05) is 37.3 Å². The van der Waals surface area contributed by atoms with Gasteiger partial charge in [-0.3, -0.25) is 9.69 Å². The molecule has 102 valence electrons. The van der Waals surface area contributed by atoms with Crippen molar-refractivity contribution in [1.82, 2.24) is 10.2 Å². The minimum Gasteiger partial charge on any atom is -0.366 e. The molecule has 2 aliphatic rings. The smallest absolute Gasteiger partial charge is 0.249 e. The minimum absolute atomic E-state index is 0.329. The van der Waals surface area contributed by atoms with Gasteiger partial charge < -0.3 is 11.1 Å². The third kappa shape index (κ3) is 2.80. The Morgan fingerprint density at radius 3 is 2.89 bits per heavy atom. The standard InChI is InChI=1S/C15H21N3O/c16-15(19)14-4-2-1-3-11(14)9-18-8-7-12-5-6-13(10-18)17-12/h1-4,12-13,17H,5-10H2,(H2,16,19). The minimum atomic E-state index is -0.329. The zero-order valence-corrected chi connectivity index (χ0v) is 11.1. The molecule has 19 heavy (non-hydrogen) atoms.